The van der Waals surface area contributed by atoms with Gasteiger partial charge in [-0.05, 0) is 25.0 Å². The number of pyridine rings is 1. The predicted octanol–water partition coefficient (Wildman–Crippen LogP) is 2.05. The van der Waals surface area contributed by atoms with Crippen LogP contribution in [0.15, 0.2) is 23.5 Å². The highest BCUT2D eigenvalue weighted by Crippen LogP contribution is 2.14. The lowest BCUT2D eigenvalue weighted by Crippen LogP contribution is -2.29. The molecule has 1 aromatic heterocycles. The van der Waals surface area contributed by atoms with Gasteiger partial charge in [-0.25, -0.2) is 4.98 Å². The number of rotatable bonds is 6. The molecule has 0 aliphatic rings. The molecule has 1 heterocycles. The van der Waals surface area contributed by atoms with E-state index in [1.807, 2.05) is 12.1 Å². The highest BCUT2D eigenvalue weighted by Gasteiger charge is 2.10. The van der Waals surface area contributed by atoms with Crippen LogP contribution in [0.3, 0.4) is 0 Å². The van der Waals surface area contributed by atoms with Crippen LogP contribution in [0.4, 0.5) is 5.82 Å². The van der Waals surface area contributed by atoms with Gasteiger partial charge in [-0.15, -0.1) is 0 Å². The molecule has 0 aliphatic carbocycles. The van der Waals surface area contributed by atoms with Crippen LogP contribution in [0.2, 0.25) is 0 Å². The lowest BCUT2D eigenvalue weighted by molar-refractivity contribution is 0.318. The number of aromatic nitrogens is 1. The largest absolute Gasteiger partial charge is 0.409 e. The Bertz CT molecular complexity index is 388. The van der Waals surface area contributed by atoms with E-state index in [2.05, 4.69) is 35.8 Å². The summed E-state index contributed by atoms with van der Waals surface area (Å²) in [7, 11) is 0. The summed E-state index contributed by atoms with van der Waals surface area (Å²) in [6, 6.07) is 3.72. The maximum Gasteiger partial charge on any atom is 0.171 e. The third-order valence-electron chi connectivity index (χ3n) is 3.09. The average molecular weight is 250 g/mol. The zero-order valence-corrected chi connectivity index (χ0v) is 11.3. The Morgan fingerprint density at radius 1 is 1.50 bits per heavy atom. The van der Waals surface area contributed by atoms with Gasteiger partial charge in [0.05, 0.1) is 0 Å². The van der Waals surface area contributed by atoms with Gasteiger partial charge >= 0.3 is 0 Å². The molecule has 1 rings (SSSR count). The highest BCUT2D eigenvalue weighted by molar-refractivity contribution is 5.96. The third-order valence-corrected chi connectivity index (χ3v) is 3.09. The van der Waals surface area contributed by atoms with E-state index in [4.69, 9.17) is 10.9 Å². The molecule has 0 aliphatic heterocycles. The van der Waals surface area contributed by atoms with Gasteiger partial charge in [0.25, 0.3) is 0 Å². The molecule has 3 N–H and O–H groups in total. The zero-order valence-electron chi connectivity index (χ0n) is 11.3. The minimum Gasteiger partial charge on any atom is -0.409 e. The number of nitrogens with two attached hydrogens (primary N) is 1. The van der Waals surface area contributed by atoms with Crippen LogP contribution < -0.4 is 10.6 Å². The van der Waals surface area contributed by atoms with Crippen molar-refractivity contribution in [3.63, 3.8) is 0 Å². The van der Waals surface area contributed by atoms with E-state index in [1.165, 1.54) is 0 Å². The Labute approximate surface area is 108 Å². The van der Waals surface area contributed by atoms with Crippen molar-refractivity contribution >= 4 is 11.7 Å². The van der Waals surface area contributed by atoms with Crippen molar-refractivity contribution in [3.8, 4) is 0 Å². The van der Waals surface area contributed by atoms with Crippen LogP contribution in [0.1, 0.15) is 32.8 Å². The average Bonchev–Trinajstić information content (AvgIpc) is 2.43. The molecule has 1 unspecified atom stereocenters. The third kappa shape index (κ3) is 3.61. The normalized spacial score (nSPS) is 13.4. The summed E-state index contributed by atoms with van der Waals surface area (Å²) in [6.45, 7) is 8.44. The SMILES string of the molecule is CCC(C)CN(CC)c1ccc(C(N)=NO)cn1. The Balaban J connectivity index is 2.82. The molecule has 1 aromatic rings. The smallest absolute Gasteiger partial charge is 0.171 e. The molecule has 100 valence electrons. The molecule has 1 atom stereocenters. The Kier molecular flexibility index (Phi) is 5.42. The molecular formula is C13H22N4O. The minimum absolute atomic E-state index is 0.0824. The zero-order chi connectivity index (χ0) is 13.5. The first-order chi connectivity index (χ1) is 8.62. The van der Waals surface area contributed by atoms with Crippen LogP contribution in [-0.2, 0) is 0 Å². The molecule has 0 amide bonds. The van der Waals surface area contributed by atoms with Gasteiger partial charge in [0, 0.05) is 24.8 Å². The Morgan fingerprint density at radius 2 is 2.22 bits per heavy atom. The fourth-order valence-corrected chi connectivity index (χ4v) is 1.67. The van der Waals surface area contributed by atoms with Crippen LogP contribution >= 0.6 is 0 Å². The van der Waals surface area contributed by atoms with E-state index in [9.17, 15) is 0 Å². The van der Waals surface area contributed by atoms with E-state index in [-0.39, 0.29) is 5.84 Å². The number of hydrogen-bond acceptors (Lipinski definition) is 4. The topological polar surface area (TPSA) is 74.7 Å². The van der Waals surface area contributed by atoms with Gasteiger partial charge in [0.1, 0.15) is 5.82 Å². The molecule has 5 heteroatoms. The van der Waals surface area contributed by atoms with Crippen LogP contribution in [-0.4, -0.2) is 29.1 Å². The van der Waals surface area contributed by atoms with Gasteiger partial charge in [0.2, 0.25) is 0 Å². The summed E-state index contributed by atoms with van der Waals surface area (Å²) in [5.74, 6) is 1.64. The van der Waals surface area contributed by atoms with Crippen molar-refractivity contribution in [3.05, 3.63) is 23.9 Å². The number of nitrogens with zero attached hydrogens (tertiary/aromatic N) is 3. The Hall–Kier alpha value is -1.78. The summed E-state index contributed by atoms with van der Waals surface area (Å²) in [6.07, 6.45) is 2.78. The fraction of sp³-hybridized carbons (Fsp3) is 0.538. The molecule has 18 heavy (non-hydrogen) atoms. The van der Waals surface area contributed by atoms with Gasteiger partial charge in [-0.2, -0.15) is 0 Å². The quantitative estimate of drug-likeness (QED) is 0.351. The van der Waals surface area contributed by atoms with Gasteiger partial charge in [0.15, 0.2) is 5.84 Å². The lowest BCUT2D eigenvalue weighted by atomic mass is 10.1. The Morgan fingerprint density at radius 3 is 2.67 bits per heavy atom. The molecule has 0 saturated heterocycles. The van der Waals surface area contributed by atoms with Gasteiger partial charge < -0.3 is 15.8 Å². The minimum atomic E-state index is 0.0824. The summed E-state index contributed by atoms with van der Waals surface area (Å²) < 4.78 is 0. The van der Waals surface area contributed by atoms with E-state index < -0.39 is 0 Å². The van der Waals surface area contributed by atoms with Crippen LogP contribution in [0, 0.1) is 5.92 Å². The number of amidine groups is 1. The summed E-state index contributed by atoms with van der Waals surface area (Å²) in [5.41, 5.74) is 6.13. The summed E-state index contributed by atoms with van der Waals surface area (Å²) in [5, 5.41) is 11.5. The van der Waals surface area contributed by atoms with Crippen molar-refractivity contribution in [2.45, 2.75) is 27.2 Å². The first kappa shape index (κ1) is 14.3. The summed E-state index contributed by atoms with van der Waals surface area (Å²) in [4.78, 5) is 6.59. The predicted molar refractivity (Wildman–Crippen MR) is 74.1 cm³/mol. The lowest BCUT2D eigenvalue weighted by Gasteiger charge is -2.25. The van der Waals surface area contributed by atoms with Crippen molar-refractivity contribution in [1.29, 1.82) is 0 Å². The van der Waals surface area contributed by atoms with Gasteiger partial charge in [-0.3, -0.25) is 0 Å². The number of anilines is 1. The highest BCUT2D eigenvalue weighted by atomic mass is 16.4. The molecule has 5 nitrogen and oxygen atoms in total. The first-order valence-electron chi connectivity index (χ1n) is 6.31. The first-order valence-corrected chi connectivity index (χ1v) is 6.31. The molecule has 0 fully saturated rings. The standard InChI is InChI=1S/C13H22N4O/c1-4-10(3)9-17(5-2)12-7-6-11(8-15-12)13(14)16-18/h6-8,10,18H,4-5,9H2,1-3H3,(H2,14,16). The van der Waals surface area contributed by atoms with E-state index in [0.717, 1.165) is 25.3 Å². The second kappa shape index (κ2) is 6.83. The molecule has 0 aromatic carbocycles. The van der Waals surface area contributed by atoms with Crippen molar-refractivity contribution in [1.82, 2.24) is 4.98 Å². The van der Waals surface area contributed by atoms with E-state index >= 15 is 0 Å². The van der Waals surface area contributed by atoms with E-state index in [0.29, 0.717) is 11.5 Å². The fourth-order valence-electron chi connectivity index (χ4n) is 1.67. The molecular weight excluding hydrogens is 228 g/mol. The van der Waals surface area contributed by atoms with Crippen molar-refractivity contribution in [2.75, 3.05) is 18.0 Å². The van der Waals surface area contributed by atoms with E-state index in [1.54, 1.807) is 6.20 Å². The second-order valence-corrected chi connectivity index (χ2v) is 4.44. The molecule has 0 bridgehead atoms. The maximum absolute atomic E-state index is 8.59. The summed E-state index contributed by atoms with van der Waals surface area (Å²) >= 11 is 0. The maximum atomic E-state index is 8.59. The van der Waals surface area contributed by atoms with Crippen molar-refractivity contribution < 1.29 is 5.21 Å². The number of oxime groups is 1. The molecule has 0 saturated carbocycles. The number of hydrogen-bond donors (Lipinski definition) is 2. The van der Waals surface area contributed by atoms with Gasteiger partial charge in [-0.1, -0.05) is 25.4 Å². The second-order valence-electron chi connectivity index (χ2n) is 4.44. The molecule has 0 spiro atoms. The monoisotopic (exact) mass is 250 g/mol. The van der Waals surface area contributed by atoms with Crippen LogP contribution in [0.25, 0.3) is 0 Å². The molecule has 0 radical (unpaired) electrons. The van der Waals surface area contributed by atoms with Crippen molar-refractivity contribution in [2.24, 2.45) is 16.8 Å². The van der Waals surface area contributed by atoms with Crippen LogP contribution in [0.5, 0.6) is 0 Å².